The van der Waals surface area contributed by atoms with Crippen molar-refractivity contribution in [3.8, 4) is 11.3 Å². The molecule has 0 spiro atoms. The molecule has 2 N–H and O–H groups in total. The van der Waals surface area contributed by atoms with E-state index in [1.54, 1.807) is 6.07 Å². The number of rotatable bonds is 3. The lowest BCUT2D eigenvalue weighted by molar-refractivity contribution is 0.253. The van der Waals surface area contributed by atoms with Crippen LogP contribution in [-0.2, 0) is 0 Å². The number of nitrogens with one attached hydrogen (secondary N) is 2. The molecule has 0 saturated heterocycles. The van der Waals surface area contributed by atoms with E-state index in [0.717, 1.165) is 5.56 Å². The average Bonchev–Trinajstić information content (AvgIpc) is 2.96. The maximum atomic E-state index is 11.0. The van der Waals surface area contributed by atoms with Crippen LogP contribution in [0.5, 0.6) is 0 Å². The number of anilines is 1. The first kappa shape index (κ1) is 15.8. The molecule has 1 aromatic carbocycles. The third-order valence-electron chi connectivity index (χ3n) is 2.54. The predicted molar refractivity (Wildman–Crippen MR) is 82.7 cm³/mol. The quantitative estimate of drug-likeness (QED) is 0.885. The van der Waals surface area contributed by atoms with Gasteiger partial charge in [0.25, 0.3) is 0 Å². The van der Waals surface area contributed by atoms with E-state index in [0.29, 0.717) is 11.6 Å². The highest BCUT2D eigenvalue weighted by molar-refractivity contribution is 5.88. The average molecular weight is 277 g/mol. The number of urea groups is 1. The van der Waals surface area contributed by atoms with E-state index in [2.05, 4.69) is 29.6 Å². The Hall–Kier alpha value is -2.30. The van der Waals surface area contributed by atoms with E-state index >= 15 is 0 Å². The molecule has 0 aliphatic heterocycles. The van der Waals surface area contributed by atoms with Gasteiger partial charge < -0.3 is 9.84 Å². The fraction of sp³-hybridized carbons (Fsp3) is 0.333. The lowest BCUT2D eigenvalue weighted by Gasteiger charge is -1.96. The summed E-state index contributed by atoms with van der Waals surface area (Å²) < 4.78 is 5.10. The molecule has 0 bridgehead atoms. The first-order valence-corrected chi connectivity index (χ1v) is 6.72. The van der Waals surface area contributed by atoms with Gasteiger partial charge in [-0.05, 0) is 0 Å². The Bertz CT molecular complexity index is 513. The van der Waals surface area contributed by atoms with Gasteiger partial charge in [0, 0.05) is 20.1 Å². The molecule has 20 heavy (non-hydrogen) atoms. The maximum Gasteiger partial charge on any atom is 0.320 e. The fourth-order valence-electron chi connectivity index (χ4n) is 1.25. The number of hydrogen-bond acceptors (Lipinski definition) is 3. The molecule has 110 valence electrons. The second-order valence-corrected chi connectivity index (χ2v) is 4.15. The van der Waals surface area contributed by atoms with E-state index in [-0.39, 0.29) is 7.46 Å². The van der Waals surface area contributed by atoms with Crippen LogP contribution in [0.2, 0.25) is 0 Å². The summed E-state index contributed by atoms with van der Waals surface area (Å²) in [5.74, 6) is 1.00. The molecule has 2 rings (SSSR count). The van der Waals surface area contributed by atoms with Crippen LogP contribution >= 0.6 is 0 Å². The van der Waals surface area contributed by atoms with Gasteiger partial charge in [0.2, 0.25) is 0 Å². The van der Waals surface area contributed by atoms with Gasteiger partial charge in [-0.15, -0.1) is 0 Å². The van der Waals surface area contributed by atoms with Crippen molar-refractivity contribution in [3.63, 3.8) is 0 Å². The monoisotopic (exact) mass is 277 g/mol. The van der Waals surface area contributed by atoms with E-state index in [1.807, 2.05) is 30.3 Å². The number of aromatic nitrogens is 1. The van der Waals surface area contributed by atoms with Gasteiger partial charge in [-0.3, -0.25) is 5.32 Å². The third kappa shape index (κ3) is 5.14. The van der Waals surface area contributed by atoms with Crippen LogP contribution in [0.4, 0.5) is 10.6 Å². The minimum atomic E-state index is -0.326. The minimum Gasteiger partial charge on any atom is -0.354 e. The van der Waals surface area contributed by atoms with Crippen LogP contribution in [0.1, 0.15) is 28.1 Å². The largest absolute Gasteiger partial charge is 0.354 e. The summed E-state index contributed by atoms with van der Waals surface area (Å²) >= 11 is 0. The lowest BCUT2D eigenvalue weighted by atomic mass is 10.2. The highest BCUT2D eigenvalue weighted by atomic mass is 16.5. The molecule has 1 aromatic heterocycles. The Morgan fingerprint density at radius 1 is 1.25 bits per heavy atom. The maximum absolute atomic E-state index is 11.0. The molecule has 5 heteroatoms. The molecular formula is C15H23N3O2. The predicted octanol–water partition coefficient (Wildman–Crippen LogP) is 4.15. The van der Waals surface area contributed by atoms with Crippen LogP contribution in [0.25, 0.3) is 11.3 Å². The standard InChI is InChI=1S/C11H11N3O2.C4H10.H2/c1-12-11(15)13-10-7-9(16-14-10)8-5-3-2-4-6-8;1-3-4-2;/h2-7H,1H3,(H2,12,13,14,15);3-4H2,1-2H3;1H. The van der Waals surface area contributed by atoms with Gasteiger partial charge in [0.1, 0.15) is 0 Å². The van der Waals surface area contributed by atoms with Crippen molar-refractivity contribution >= 4 is 11.8 Å². The highest BCUT2D eigenvalue weighted by Crippen LogP contribution is 2.21. The number of nitrogens with zero attached hydrogens (tertiary/aromatic N) is 1. The second kappa shape index (κ2) is 8.74. The summed E-state index contributed by atoms with van der Waals surface area (Å²) in [6.07, 6.45) is 2.64. The van der Waals surface area contributed by atoms with Crippen molar-refractivity contribution in [1.29, 1.82) is 0 Å². The molecule has 0 aliphatic carbocycles. The molecule has 0 saturated carbocycles. The van der Waals surface area contributed by atoms with Crippen molar-refractivity contribution in [1.82, 2.24) is 10.5 Å². The van der Waals surface area contributed by atoms with Crippen LogP contribution in [-0.4, -0.2) is 18.2 Å². The smallest absolute Gasteiger partial charge is 0.320 e. The van der Waals surface area contributed by atoms with Gasteiger partial charge >= 0.3 is 6.03 Å². The molecule has 0 unspecified atom stereocenters. The summed E-state index contributed by atoms with van der Waals surface area (Å²) in [7, 11) is 1.54. The van der Waals surface area contributed by atoms with Crippen LogP contribution < -0.4 is 10.6 Å². The number of carbonyl (C=O) groups excluding carboxylic acids is 1. The molecule has 2 amide bonds. The SMILES string of the molecule is CCCC.CNC(=O)Nc1cc(-c2ccccc2)on1.[HH]. The second-order valence-electron chi connectivity index (χ2n) is 4.15. The normalized spacial score (nSPS) is 9.35. The van der Waals surface area contributed by atoms with Crippen molar-refractivity contribution in [2.24, 2.45) is 0 Å². The molecule has 0 atom stereocenters. The number of hydrogen-bond donors (Lipinski definition) is 2. The van der Waals surface area contributed by atoms with Crippen LogP contribution in [0.15, 0.2) is 40.9 Å². The lowest BCUT2D eigenvalue weighted by Crippen LogP contribution is -2.24. The van der Waals surface area contributed by atoms with Gasteiger partial charge in [-0.25, -0.2) is 4.79 Å². The topological polar surface area (TPSA) is 67.2 Å². The molecule has 0 fully saturated rings. The van der Waals surface area contributed by atoms with Crippen molar-refractivity contribution in [2.75, 3.05) is 12.4 Å². The van der Waals surface area contributed by atoms with E-state index in [9.17, 15) is 4.79 Å². The van der Waals surface area contributed by atoms with Gasteiger partial charge in [0.05, 0.1) is 0 Å². The summed E-state index contributed by atoms with van der Waals surface area (Å²) in [6, 6.07) is 10.9. The Labute approximate surface area is 120 Å². The Morgan fingerprint density at radius 3 is 2.45 bits per heavy atom. The summed E-state index contributed by atoms with van der Waals surface area (Å²) in [5.41, 5.74) is 0.917. The zero-order valence-corrected chi connectivity index (χ0v) is 12.1. The first-order chi connectivity index (χ1) is 9.71. The summed E-state index contributed by atoms with van der Waals surface area (Å²) in [6.45, 7) is 4.36. The van der Waals surface area contributed by atoms with E-state index in [4.69, 9.17) is 4.52 Å². The summed E-state index contributed by atoms with van der Waals surface area (Å²) in [4.78, 5) is 11.0. The zero-order chi connectivity index (χ0) is 14.8. The van der Waals surface area contributed by atoms with E-state index < -0.39 is 0 Å². The number of benzene rings is 1. The molecule has 0 radical (unpaired) electrons. The number of carbonyl (C=O) groups is 1. The van der Waals surface area contributed by atoms with Gasteiger partial charge in [-0.1, -0.05) is 62.2 Å². The third-order valence-corrected chi connectivity index (χ3v) is 2.54. The van der Waals surface area contributed by atoms with Crippen LogP contribution in [0.3, 0.4) is 0 Å². The van der Waals surface area contributed by atoms with Crippen molar-refractivity contribution in [2.45, 2.75) is 26.7 Å². The molecule has 1 heterocycles. The van der Waals surface area contributed by atoms with Crippen molar-refractivity contribution in [3.05, 3.63) is 36.4 Å². The number of unbranched alkanes of at least 4 members (excludes halogenated alkanes) is 1. The first-order valence-electron chi connectivity index (χ1n) is 6.72. The van der Waals surface area contributed by atoms with Crippen molar-refractivity contribution < 1.29 is 10.7 Å². The van der Waals surface area contributed by atoms with E-state index in [1.165, 1.54) is 19.9 Å². The zero-order valence-electron chi connectivity index (χ0n) is 12.1. The van der Waals surface area contributed by atoms with Crippen LogP contribution in [0, 0.1) is 0 Å². The molecule has 2 aromatic rings. The summed E-state index contributed by atoms with van der Waals surface area (Å²) in [5, 5.41) is 8.69. The Balaban J connectivity index is 0.000000715. The Kier molecular flexibility index (Phi) is 6.89. The minimum absolute atomic E-state index is 0. The highest BCUT2D eigenvalue weighted by Gasteiger charge is 2.07. The fourth-order valence-corrected chi connectivity index (χ4v) is 1.25. The van der Waals surface area contributed by atoms with Gasteiger partial charge in [-0.2, -0.15) is 0 Å². The molecular weight excluding hydrogens is 254 g/mol. The molecule has 5 nitrogen and oxygen atoms in total. The van der Waals surface area contributed by atoms with Gasteiger partial charge in [0.15, 0.2) is 11.6 Å². The Morgan fingerprint density at radius 2 is 1.90 bits per heavy atom. The number of amides is 2. The molecule has 0 aliphatic rings.